The van der Waals surface area contributed by atoms with Gasteiger partial charge in [-0.2, -0.15) is 0 Å². The van der Waals surface area contributed by atoms with Crippen LogP contribution in [0.3, 0.4) is 0 Å². The van der Waals surface area contributed by atoms with E-state index < -0.39 is 5.82 Å². The van der Waals surface area contributed by atoms with E-state index in [9.17, 15) is 4.39 Å². The Balaban J connectivity index is 1.69. The third-order valence-electron chi connectivity index (χ3n) is 4.87. The molecule has 144 valence electrons. The Labute approximate surface area is 168 Å². The zero-order chi connectivity index (χ0) is 19.5. The van der Waals surface area contributed by atoms with Crippen LogP contribution >= 0.6 is 11.9 Å². The molecule has 0 saturated heterocycles. The van der Waals surface area contributed by atoms with Crippen molar-refractivity contribution in [2.45, 2.75) is 19.4 Å². The van der Waals surface area contributed by atoms with Gasteiger partial charge in [0.1, 0.15) is 5.82 Å². The number of halogens is 1. The molecule has 1 aliphatic rings. The molecule has 4 rings (SSSR count). The monoisotopic (exact) mass is 394 g/mol. The van der Waals surface area contributed by atoms with Crippen molar-refractivity contribution < 1.29 is 4.39 Å². The van der Waals surface area contributed by atoms with Crippen molar-refractivity contribution in [3.8, 4) is 11.1 Å². The molecule has 4 nitrogen and oxygen atoms in total. The van der Waals surface area contributed by atoms with Crippen LogP contribution in [0.2, 0.25) is 0 Å². The van der Waals surface area contributed by atoms with Gasteiger partial charge in [-0.3, -0.25) is 4.98 Å². The highest BCUT2D eigenvalue weighted by Gasteiger charge is 2.15. The molecule has 2 aromatic carbocycles. The first-order chi connectivity index (χ1) is 13.6. The predicted octanol–water partition coefficient (Wildman–Crippen LogP) is 5.29. The van der Waals surface area contributed by atoms with Gasteiger partial charge in [0.25, 0.3) is 0 Å². The number of rotatable bonds is 5. The third-order valence-corrected chi connectivity index (χ3v) is 5.76. The molecule has 2 heterocycles. The first-order valence-corrected chi connectivity index (χ1v) is 10.4. The predicted molar refractivity (Wildman–Crippen MR) is 118 cm³/mol. The molecule has 0 aliphatic carbocycles. The van der Waals surface area contributed by atoms with Crippen molar-refractivity contribution in [2.24, 2.45) is 0 Å². The molecular weight excluding hydrogens is 371 g/mol. The number of nitrogens with two attached hydrogens (primary N) is 1. The Bertz CT molecular complexity index is 1020. The Morgan fingerprint density at radius 1 is 1.25 bits per heavy atom. The number of aromatic nitrogens is 1. The number of benzene rings is 2. The second kappa shape index (κ2) is 8.10. The minimum Gasteiger partial charge on any atom is -0.396 e. The maximum atomic E-state index is 14.0. The Kier molecular flexibility index (Phi) is 5.39. The number of anilines is 2. The summed E-state index contributed by atoms with van der Waals surface area (Å²) in [6.45, 7) is 3.17. The lowest BCUT2D eigenvalue weighted by molar-refractivity contribution is 0.538. The fourth-order valence-corrected chi connectivity index (χ4v) is 4.14. The van der Waals surface area contributed by atoms with Crippen molar-refractivity contribution in [1.29, 1.82) is 0 Å². The first-order valence-electron chi connectivity index (χ1n) is 9.41. The smallest absolute Gasteiger partial charge is 0.146 e. The van der Waals surface area contributed by atoms with E-state index >= 15 is 0 Å². The summed E-state index contributed by atoms with van der Waals surface area (Å²) < 4.78 is 16.3. The average Bonchev–Trinajstić information content (AvgIpc) is 2.71. The van der Waals surface area contributed by atoms with E-state index in [-0.39, 0.29) is 11.7 Å². The molecule has 1 atom stereocenters. The van der Waals surface area contributed by atoms with Crippen LogP contribution in [0.5, 0.6) is 0 Å². The highest BCUT2D eigenvalue weighted by molar-refractivity contribution is 7.97. The molecule has 3 N–H and O–H groups in total. The molecule has 3 aromatic rings. The summed E-state index contributed by atoms with van der Waals surface area (Å²) in [7, 11) is 0. The summed E-state index contributed by atoms with van der Waals surface area (Å²) in [5, 5.41) is 5.76. The number of pyridine rings is 1. The number of nitrogens with zero attached hydrogens (tertiary/aromatic N) is 2. The highest BCUT2D eigenvalue weighted by Crippen LogP contribution is 2.33. The van der Waals surface area contributed by atoms with E-state index in [1.165, 1.54) is 6.07 Å². The van der Waals surface area contributed by atoms with E-state index in [2.05, 4.69) is 45.9 Å². The highest BCUT2D eigenvalue weighted by atomic mass is 32.2. The lowest BCUT2D eigenvalue weighted by Crippen LogP contribution is -2.27. The summed E-state index contributed by atoms with van der Waals surface area (Å²) in [5.74, 6) is 0.671. The SMILES string of the molecule is CCSN1C=CC(Nc2cc(-c3ccc(N)c(F)c3)cc3ccncc23)CC1. The molecule has 0 spiro atoms. The van der Waals surface area contributed by atoms with Gasteiger partial charge in [0.05, 0.1) is 5.69 Å². The molecule has 0 radical (unpaired) electrons. The van der Waals surface area contributed by atoms with E-state index in [0.717, 1.165) is 46.3 Å². The second-order valence-corrected chi connectivity index (χ2v) is 8.10. The Morgan fingerprint density at radius 2 is 2.14 bits per heavy atom. The summed E-state index contributed by atoms with van der Waals surface area (Å²) >= 11 is 1.83. The molecule has 1 aliphatic heterocycles. The third kappa shape index (κ3) is 3.92. The van der Waals surface area contributed by atoms with Crippen LogP contribution in [-0.2, 0) is 0 Å². The van der Waals surface area contributed by atoms with Gasteiger partial charge < -0.3 is 15.4 Å². The average molecular weight is 395 g/mol. The summed E-state index contributed by atoms with van der Waals surface area (Å²) in [4.78, 5) is 4.29. The molecule has 0 bridgehead atoms. The van der Waals surface area contributed by atoms with Gasteiger partial charge in [-0.15, -0.1) is 0 Å². The standard InChI is InChI=1S/C22H23FN4S/c1-2-28-27-9-6-18(7-10-27)26-22-13-17(11-16-5-8-25-14-19(16)22)15-3-4-21(24)20(23)12-15/h3-6,8-9,11-14,18,26H,2,7,10,24H2,1H3. The van der Waals surface area contributed by atoms with Gasteiger partial charge in [0, 0.05) is 48.0 Å². The first kappa shape index (κ1) is 18.6. The minimum absolute atomic E-state index is 0.161. The fourth-order valence-electron chi connectivity index (χ4n) is 3.42. The van der Waals surface area contributed by atoms with Gasteiger partial charge in [-0.05, 0) is 59.3 Å². The van der Waals surface area contributed by atoms with Crippen LogP contribution in [0.1, 0.15) is 13.3 Å². The maximum absolute atomic E-state index is 14.0. The van der Waals surface area contributed by atoms with Crippen LogP contribution in [0.15, 0.2) is 61.1 Å². The van der Waals surface area contributed by atoms with E-state index in [1.54, 1.807) is 12.3 Å². The van der Waals surface area contributed by atoms with Gasteiger partial charge in [-0.25, -0.2) is 4.39 Å². The summed E-state index contributed by atoms with van der Waals surface area (Å²) in [6, 6.07) is 11.3. The Morgan fingerprint density at radius 3 is 2.89 bits per heavy atom. The quantitative estimate of drug-likeness (QED) is 0.455. The van der Waals surface area contributed by atoms with E-state index in [4.69, 9.17) is 5.73 Å². The number of fused-ring (bicyclic) bond motifs is 1. The van der Waals surface area contributed by atoms with Crippen molar-refractivity contribution in [1.82, 2.24) is 9.29 Å². The number of nitrogens with one attached hydrogen (secondary N) is 1. The van der Waals surface area contributed by atoms with Crippen LogP contribution < -0.4 is 11.1 Å². The Hall–Kier alpha value is -2.73. The van der Waals surface area contributed by atoms with Crippen molar-refractivity contribution in [3.63, 3.8) is 0 Å². The second-order valence-electron chi connectivity index (χ2n) is 6.80. The summed E-state index contributed by atoms with van der Waals surface area (Å²) in [6.07, 6.45) is 9.02. The largest absolute Gasteiger partial charge is 0.396 e. The lowest BCUT2D eigenvalue weighted by atomic mass is 9.99. The molecule has 1 aromatic heterocycles. The fraction of sp³-hybridized carbons (Fsp3) is 0.227. The van der Waals surface area contributed by atoms with Gasteiger partial charge in [0.2, 0.25) is 0 Å². The normalized spacial score (nSPS) is 16.5. The number of hydrogen-bond donors (Lipinski definition) is 2. The minimum atomic E-state index is -0.398. The van der Waals surface area contributed by atoms with Crippen LogP contribution in [0.25, 0.3) is 21.9 Å². The number of nitrogen functional groups attached to an aromatic ring is 1. The van der Waals surface area contributed by atoms with Crippen LogP contribution in [-0.4, -0.2) is 27.6 Å². The molecule has 0 fully saturated rings. The lowest BCUT2D eigenvalue weighted by Gasteiger charge is -2.28. The topological polar surface area (TPSA) is 54.2 Å². The van der Waals surface area contributed by atoms with E-state index in [0.29, 0.717) is 0 Å². The van der Waals surface area contributed by atoms with Crippen molar-refractivity contribution in [3.05, 3.63) is 66.9 Å². The molecule has 1 unspecified atom stereocenters. The molecule has 0 saturated carbocycles. The van der Waals surface area contributed by atoms with E-state index in [1.807, 2.05) is 30.3 Å². The van der Waals surface area contributed by atoms with Crippen LogP contribution in [0, 0.1) is 5.82 Å². The molecular formula is C22H23FN4S. The zero-order valence-electron chi connectivity index (χ0n) is 15.7. The molecule has 28 heavy (non-hydrogen) atoms. The van der Waals surface area contributed by atoms with Gasteiger partial charge >= 0.3 is 0 Å². The van der Waals surface area contributed by atoms with Crippen LogP contribution in [0.4, 0.5) is 15.8 Å². The van der Waals surface area contributed by atoms with Gasteiger partial charge in [-0.1, -0.05) is 24.9 Å². The van der Waals surface area contributed by atoms with Crippen molar-refractivity contribution in [2.75, 3.05) is 23.3 Å². The maximum Gasteiger partial charge on any atom is 0.146 e. The molecule has 6 heteroatoms. The molecule has 0 amide bonds. The summed E-state index contributed by atoms with van der Waals surface area (Å²) in [5.41, 5.74) is 8.55. The van der Waals surface area contributed by atoms with Gasteiger partial charge in [0.15, 0.2) is 0 Å². The zero-order valence-corrected chi connectivity index (χ0v) is 16.5. The van der Waals surface area contributed by atoms with Crippen molar-refractivity contribution >= 4 is 34.1 Å². The number of hydrogen-bond acceptors (Lipinski definition) is 5.